The molecular weight excluding hydrogens is 330 g/mol. The van der Waals surface area contributed by atoms with Crippen molar-refractivity contribution >= 4 is 5.97 Å². The Morgan fingerprint density at radius 3 is 2.42 bits per heavy atom. The van der Waals surface area contributed by atoms with Crippen LogP contribution in [0.3, 0.4) is 0 Å². The lowest BCUT2D eigenvalue weighted by atomic mass is 10.0. The minimum absolute atomic E-state index is 0.159. The van der Waals surface area contributed by atoms with Crippen molar-refractivity contribution < 1.29 is 19.3 Å². The molecule has 5 nitrogen and oxygen atoms in total. The van der Waals surface area contributed by atoms with Crippen molar-refractivity contribution in [3.8, 4) is 5.75 Å². The summed E-state index contributed by atoms with van der Waals surface area (Å²) in [6, 6.07) is 14.9. The molecule has 0 radical (unpaired) electrons. The Morgan fingerprint density at radius 1 is 1.12 bits per heavy atom. The van der Waals surface area contributed by atoms with Gasteiger partial charge in [0.25, 0.3) is 0 Å². The van der Waals surface area contributed by atoms with Gasteiger partial charge in [0.2, 0.25) is 0 Å². The van der Waals surface area contributed by atoms with Crippen molar-refractivity contribution in [2.75, 3.05) is 0 Å². The van der Waals surface area contributed by atoms with E-state index < -0.39 is 11.6 Å². The summed E-state index contributed by atoms with van der Waals surface area (Å²) in [6.45, 7) is 7.75. The van der Waals surface area contributed by atoms with E-state index in [2.05, 4.69) is 0 Å². The topological polar surface area (TPSA) is 70.8 Å². The first-order chi connectivity index (χ1) is 12.3. The highest BCUT2D eigenvalue weighted by atomic mass is 17.2. The maximum absolute atomic E-state index is 12.5. The largest absolute Gasteiger partial charge is 0.488 e. The average Bonchev–Trinajstić information content (AvgIpc) is 2.64. The van der Waals surface area contributed by atoms with Gasteiger partial charge in [0.15, 0.2) is 0 Å². The molecule has 0 heterocycles. The molecule has 0 aliphatic heterocycles. The Labute approximate surface area is 155 Å². The summed E-state index contributed by atoms with van der Waals surface area (Å²) in [7, 11) is 0. The zero-order valence-electron chi connectivity index (χ0n) is 15.8. The van der Waals surface area contributed by atoms with Gasteiger partial charge in [-0.1, -0.05) is 43.3 Å². The number of hydrogen-bond acceptors (Lipinski definition) is 5. The van der Waals surface area contributed by atoms with Gasteiger partial charge in [-0.25, -0.2) is 4.79 Å². The van der Waals surface area contributed by atoms with E-state index in [4.69, 9.17) is 20.2 Å². The van der Waals surface area contributed by atoms with E-state index in [1.807, 2.05) is 43.3 Å². The molecule has 2 aromatic carbocycles. The summed E-state index contributed by atoms with van der Waals surface area (Å²) in [5.74, 6) is -0.170. The van der Waals surface area contributed by atoms with E-state index in [1.54, 1.807) is 32.9 Å². The van der Waals surface area contributed by atoms with Crippen LogP contribution >= 0.6 is 0 Å². The molecular formula is C21H27NO4. The van der Waals surface area contributed by atoms with Crippen LogP contribution in [0.4, 0.5) is 0 Å². The highest BCUT2D eigenvalue weighted by Crippen LogP contribution is 2.26. The molecule has 0 amide bonds. The van der Waals surface area contributed by atoms with Crippen LogP contribution in [0.15, 0.2) is 48.5 Å². The highest BCUT2D eigenvalue weighted by Gasteiger charge is 2.21. The highest BCUT2D eigenvalue weighted by molar-refractivity contribution is 5.92. The maximum Gasteiger partial charge on any atom is 0.376 e. The maximum atomic E-state index is 12.5. The van der Waals surface area contributed by atoms with Crippen molar-refractivity contribution in [2.24, 2.45) is 5.73 Å². The number of hydrogen-bond donors (Lipinski definition) is 1. The number of rotatable bonds is 7. The number of ether oxygens (including phenoxy) is 1. The number of benzene rings is 2. The number of carbonyl (C=O) groups excluding carboxylic acids is 1. The Kier molecular flexibility index (Phi) is 6.77. The Bertz CT molecular complexity index is 723. The van der Waals surface area contributed by atoms with Crippen LogP contribution in [-0.2, 0) is 16.4 Å². The molecule has 0 aliphatic carbocycles. The molecule has 0 aromatic heterocycles. The van der Waals surface area contributed by atoms with Crippen molar-refractivity contribution in [3.63, 3.8) is 0 Å². The molecule has 0 spiro atoms. The van der Waals surface area contributed by atoms with Crippen molar-refractivity contribution in [1.82, 2.24) is 0 Å². The summed E-state index contributed by atoms with van der Waals surface area (Å²) in [6.07, 6.45) is 0.761. The van der Waals surface area contributed by atoms with Crippen LogP contribution in [0.1, 0.15) is 61.6 Å². The Morgan fingerprint density at radius 2 is 1.81 bits per heavy atom. The lowest BCUT2D eigenvalue weighted by Gasteiger charge is -2.18. The summed E-state index contributed by atoms with van der Waals surface area (Å²) in [5, 5.41) is 0. The molecule has 2 rings (SSSR count). The quantitative estimate of drug-likeness (QED) is 0.581. The molecule has 0 aliphatic rings. The summed E-state index contributed by atoms with van der Waals surface area (Å²) >= 11 is 0. The van der Waals surface area contributed by atoms with Gasteiger partial charge in [-0.05, 0) is 50.5 Å². The SMILES string of the molecule is CCC(N)c1ccc(OCc2ccccc2)c(C(=O)OOC(C)(C)C)c1. The van der Waals surface area contributed by atoms with Crippen molar-refractivity contribution in [3.05, 3.63) is 65.2 Å². The molecule has 26 heavy (non-hydrogen) atoms. The average molecular weight is 357 g/mol. The van der Waals surface area contributed by atoms with Gasteiger partial charge in [-0.3, -0.25) is 4.89 Å². The van der Waals surface area contributed by atoms with Gasteiger partial charge in [-0.2, -0.15) is 4.89 Å². The Balaban J connectivity index is 2.23. The first-order valence-electron chi connectivity index (χ1n) is 8.76. The lowest BCUT2D eigenvalue weighted by Crippen LogP contribution is -2.22. The first-order valence-corrected chi connectivity index (χ1v) is 8.76. The van der Waals surface area contributed by atoms with E-state index >= 15 is 0 Å². The molecule has 0 saturated carbocycles. The zero-order valence-corrected chi connectivity index (χ0v) is 15.8. The fourth-order valence-corrected chi connectivity index (χ4v) is 2.24. The zero-order chi connectivity index (χ0) is 19.2. The molecule has 2 aromatic rings. The normalized spacial score (nSPS) is 12.5. The number of carbonyl (C=O) groups is 1. The standard InChI is InChI=1S/C21H27NO4/c1-5-18(22)16-11-12-19(24-14-15-9-7-6-8-10-15)17(13-16)20(23)25-26-21(2,3)4/h6-13,18H,5,14,22H2,1-4H3. The molecule has 1 unspecified atom stereocenters. The molecule has 1 atom stereocenters. The van der Waals surface area contributed by atoms with Crippen LogP contribution in [0, 0.1) is 0 Å². The molecule has 2 N–H and O–H groups in total. The van der Waals surface area contributed by atoms with Crippen LogP contribution in [0.2, 0.25) is 0 Å². The second-order valence-electron chi connectivity index (χ2n) is 7.11. The summed E-state index contributed by atoms with van der Waals surface area (Å²) in [5.41, 5.74) is 7.65. The lowest BCUT2D eigenvalue weighted by molar-refractivity contribution is -0.301. The van der Waals surface area contributed by atoms with Gasteiger partial charge < -0.3 is 10.5 Å². The fourth-order valence-electron chi connectivity index (χ4n) is 2.24. The predicted octanol–water partition coefficient (Wildman–Crippen LogP) is 4.56. The third-order valence-electron chi connectivity index (χ3n) is 3.70. The van der Waals surface area contributed by atoms with Crippen molar-refractivity contribution in [1.29, 1.82) is 0 Å². The van der Waals surface area contributed by atoms with E-state index in [-0.39, 0.29) is 6.04 Å². The third-order valence-corrected chi connectivity index (χ3v) is 3.70. The van der Waals surface area contributed by atoms with Gasteiger partial charge in [0.1, 0.15) is 23.5 Å². The summed E-state index contributed by atoms with van der Waals surface area (Å²) in [4.78, 5) is 22.7. The van der Waals surface area contributed by atoms with Gasteiger partial charge in [-0.15, -0.1) is 0 Å². The fraction of sp³-hybridized carbons (Fsp3) is 0.381. The number of nitrogens with two attached hydrogens (primary N) is 1. The minimum Gasteiger partial charge on any atom is -0.488 e. The van der Waals surface area contributed by atoms with Crippen LogP contribution in [-0.4, -0.2) is 11.6 Å². The van der Waals surface area contributed by atoms with Crippen LogP contribution in [0.5, 0.6) is 5.75 Å². The van der Waals surface area contributed by atoms with E-state index in [1.165, 1.54) is 0 Å². The van der Waals surface area contributed by atoms with Crippen molar-refractivity contribution in [2.45, 2.75) is 52.4 Å². The predicted molar refractivity (Wildman–Crippen MR) is 101 cm³/mol. The monoisotopic (exact) mass is 357 g/mol. The second kappa shape index (κ2) is 8.83. The first kappa shape index (κ1) is 19.9. The van der Waals surface area contributed by atoms with Gasteiger partial charge >= 0.3 is 5.97 Å². The van der Waals surface area contributed by atoms with Crippen LogP contribution < -0.4 is 10.5 Å². The van der Waals surface area contributed by atoms with E-state index in [0.29, 0.717) is 17.9 Å². The van der Waals surface area contributed by atoms with E-state index in [9.17, 15) is 4.79 Å². The molecule has 0 bridgehead atoms. The minimum atomic E-state index is -0.604. The second-order valence-corrected chi connectivity index (χ2v) is 7.11. The smallest absolute Gasteiger partial charge is 0.376 e. The van der Waals surface area contributed by atoms with Gasteiger partial charge in [0.05, 0.1) is 0 Å². The third kappa shape index (κ3) is 5.86. The van der Waals surface area contributed by atoms with Crippen LogP contribution in [0.25, 0.3) is 0 Å². The van der Waals surface area contributed by atoms with E-state index in [0.717, 1.165) is 17.5 Å². The Hall–Kier alpha value is -2.37. The molecule has 5 heteroatoms. The molecule has 0 fully saturated rings. The molecule has 0 saturated heterocycles. The summed E-state index contributed by atoms with van der Waals surface area (Å²) < 4.78 is 5.85. The van der Waals surface area contributed by atoms with Gasteiger partial charge in [0, 0.05) is 6.04 Å². The molecule has 140 valence electrons.